The van der Waals surface area contributed by atoms with Crippen molar-refractivity contribution in [3.05, 3.63) is 29.3 Å². The molecule has 1 aromatic rings. The van der Waals surface area contributed by atoms with Gasteiger partial charge in [-0.05, 0) is 24.0 Å². The van der Waals surface area contributed by atoms with E-state index in [1.807, 2.05) is 12.1 Å². The normalized spacial score (nSPS) is 11.6. The number of hydrogen-bond acceptors (Lipinski definition) is 4. The molecule has 0 radical (unpaired) electrons. The molecule has 0 amide bonds. The summed E-state index contributed by atoms with van der Waals surface area (Å²) in [6.07, 6.45) is 11.0. The molecule has 0 atom stereocenters. The van der Waals surface area contributed by atoms with Gasteiger partial charge >= 0.3 is 29.6 Å². The van der Waals surface area contributed by atoms with Crippen LogP contribution in [0.1, 0.15) is 63.0 Å². The van der Waals surface area contributed by atoms with Crippen LogP contribution in [0, 0.1) is 0 Å². The molecule has 1 N–H and O–H groups in total. The van der Waals surface area contributed by atoms with Gasteiger partial charge in [0.2, 0.25) is 0 Å². The van der Waals surface area contributed by atoms with E-state index in [-0.39, 0.29) is 41.9 Å². The maximum Gasteiger partial charge on any atom is 1.00 e. The Bertz CT molecular complexity index is 618. The minimum absolute atomic E-state index is 0. The molecule has 0 bridgehead atoms. The molecule has 0 aliphatic heterocycles. The first-order valence-corrected chi connectivity index (χ1v) is 10.3. The molecule has 0 fully saturated rings. The molecule has 25 heavy (non-hydrogen) atoms. The second-order valence-corrected chi connectivity index (χ2v) is 7.64. The zero-order valence-corrected chi connectivity index (χ0v) is 18.2. The molecule has 0 unspecified atom stereocenters. The second-order valence-electron chi connectivity index (χ2n) is 6.06. The Morgan fingerprint density at radius 3 is 2.40 bits per heavy atom. The molecule has 0 heterocycles. The van der Waals surface area contributed by atoms with Crippen LogP contribution in [0.3, 0.4) is 0 Å². The Kier molecular flexibility index (Phi) is 13.5. The summed E-state index contributed by atoms with van der Waals surface area (Å²) in [5.74, 6) is -0.566. The smallest absolute Gasteiger partial charge is 0.872 e. The Hall–Kier alpha value is -0.400. The average molecular weight is 377 g/mol. The molecule has 0 aliphatic rings. The van der Waals surface area contributed by atoms with E-state index in [1.165, 1.54) is 50.8 Å². The molecule has 136 valence electrons. The minimum atomic E-state index is -4.01. The van der Waals surface area contributed by atoms with Gasteiger partial charge in [0.05, 0.1) is 12.3 Å². The van der Waals surface area contributed by atoms with Crippen molar-refractivity contribution in [1.29, 1.82) is 0 Å². The fourth-order valence-electron chi connectivity index (χ4n) is 2.47. The summed E-state index contributed by atoms with van der Waals surface area (Å²) in [6, 6.07) is 5.19. The van der Waals surface area contributed by atoms with E-state index in [0.717, 1.165) is 18.4 Å². The maximum atomic E-state index is 11.8. The van der Waals surface area contributed by atoms with Crippen LogP contribution in [0.15, 0.2) is 23.2 Å². The number of unbranched alkanes of at least 4 members (excludes halogenated alkanes) is 6. The van der Waals surface area contributed by atoms with Crippen LogP contribution in [0.25, 0.3) is 0 Å². The summed E-state index contributed by atoms with van der Waals surface area (Å²) in [7, 11) is -4.01. The van der Waals surface area contributed by atoms with Gasteiger partial charge in [-0.15, -0.1) is 5.75 Å². The Morgan fingerprint density at radius 2 is 1.76 bits per heavy atom. The van der Waals surface area contributed by atoms with Gasteiger partial charge in [-0.1, -0.05) is 63.6 Å². The Morgan fingerprint density at radius 1 is 1.12 bits per heavy atom. The predicted octanol–water partition coefficient (Wildman–Crippen LogP) is 0.364. The molecule has 7 heteroatoms. The van der Waals surface area contributed by atoms with Gasteiger partial charge in [0, 0.05) is 6.21 Å². The van der Waals surface area contributed by atoms with Gasteiger partial charge < -0.3 is 5.11 Å². The molecule has 0 aliphatic carbocycles. The van der Waals surface area contributed by atoms with E-state index < -0.39 is 15.9 Å². The Labute approximate surface area is 174 Å². The number of benzene rings is 1. The van der Waals surface area contributed by atoms with Gasteiger partial charge in [-0.2, -0.15) is 8.42 Å². The molecule has 0 saturated heterocycles. The van der Waals surface area contributed by atoms with Gasteiger partial charge in [0.1, 0.15) is 0 Å². The first-order chi connectivity index (χ1) is 11.4. The summed E-state index contributed by atoms with van der Waals surface area (Å²) in [6.45, 7) is 2.16. The van der Waals surface area contributed by atoms with Crippen LogP contribution in [-0.2, 0) is 16.5 Å². The van der Waals surface area contributed by atoms with Crippen LogP contribution in [0.4, 0.5) is 0 Å². The third-order valence-corrected chi connectivity index (χ3v) is 4.55. The van der Waals surface area contributed by atoms with E-state index in [4.69, 9.17) is 4.55 Å². The van der Waals surface area contributed by atoms with Gasteiger partial charge in [0.15, 0.2) is 0 Å². The van der Waals surface area contributed by atoms with Crippen molar-refractivity contribution in [2.75, 3.05) is 12.3 Å². The van der Waals surface area contributed by atoms with Gasteiger partial charge in [-0.25, -0.2) is 0 Å². The van der Waals surface area contributed by atoms with Crippen molar-refractivity contribution in [3.8, 4) is 5.75 Å². The zero-order valence-electron chi connectivity index (χ0n) is 15.4. The van der Waals surface area contributed by atoms with Gasteiger partial charge in [-0.3, -0.25) is 9.55 Å². The molecular formula is C18H28NNaO4S. The molecule has 0 aromatic heterocycles. The molecule has 1 aromatic carbocycles. The van der Waals surface area contributed by atoms with E-state index in [2.05, 4.69) is 11.9 Å². The second kappa shape index (κ2) is 13.8. The molecule has 0 saturated carbocycles. The SMILES string of the molecule is CCCCCCCCCc1ccc([O-])c(C=NCCS(=O)(=O)O)c1.[Na+]. The van der Waals surface area contributed by atoms with Crippen LogP contribution in [-0.4, -0.2) is 31.5 Å². The summed E-state index contributed by atoms with van der Waals surface area (Å²) in [4.78, 5) is 3.90. The maximum absolute atomic E-state index is 11.8. The largest absolute Gasteiger partial charge is 1.00 e. The number of hydrogen-bond donors (Lipinski definition) is 1. The van der Waals surface area contributed by atoms with E-state index in [0.29, 0.717) is 5.56 Å². The monoisotopic (exact) mass is 377 g/mol. The number of aliphatic imine (C=N–C) groups is 1. The summed E-state index contributed by atoms with van der Waals surface area (Å²) < 4.78 is 29.9. The van der Waals surface area contributed by atoms with Crippen LogP contribution >= 0.6 is 0 Å². The van der Waals surface area contributed by atoms with Crippen LogP contribution in [0.5, 0.6) is 5.75 Å². The average Bonchev–Trinajstić information content (AvgIpc) is 2.52. The third-order valence-electron chi connectivity index (χ3n) is 3.85. The van der Waals surface area contributed by atoms with Crippen molar-refractivity contribution >= 4 is 16.3 Å². The van der Waals surface area contributed by atoms with Crippen LogP contribution < -0.4 is 34.7 Å². The van der Waals surface area contributed by atoms with Crippen molar-refractivity contribution in [2.24, 2.45) is 4.99 Å². The summed E-state index contributed by atoms with van der Waals surface area (Å²) >= 11 is 0. The fourth-order valence-corrected chi connectivity index (χ4v) is 2.81. The first kappa shape index (κ1) is 24.6. The number of aryl methyl sites for hydroxylation is 1. The van der Waals surface area contributed by atoms with Crippen molar-refractivity contribution < 1.29 is 47.6 Å². The summed E-state index contributed by atoms with van der Waals surface area (Å²) in [5.41, 5.74) is 1.56. The van der Waals surface area contributed by atoms with Gasteiger partial charge in [0.25, 0.3) is 10.1 Å². The number of rotatable bonds is 12. The first-order valence-electron chi connectivity index (χ1n) is 8.67. The van der Waals surface area contributed by atoms with Crippen molar-refractivity contribution in [3.63, 3.8) is 0 Å². The third kappa shape index (κ3) is 12.6. The standard InChI is InChI=1S/C18H29NO4S.Na/c1-2-3-4-5-6-7-8-9-16-10-11-18(20)17(14-16)15-19-12-13-24(21,22)23;/h10-11,14-15,20H,2-9,12-13H2,1H3,(H,21,22,23);/q;+1/p-1. The van der Waals surface area contributed by atoms with E-state index in [9.17, 15) is 13.5 Å². The van der Waals surface area contributed by atoms with Crippen molar-refractivity contribution in [2.45, 2.75) is 58.3 Å². The number of nitrogens with zero attached hydrogens (tertiary/aromatic N) is 1. The molecular weight excluding hydrogens is 349 g/mol. The van der Waals surface area contributed by atoms with E-state index in [1.54, 1.807) is 0 Å². The quantitative estimate of drug-likeness (QED) is 0.247. The molecule has 0 spiro atoms. The molecule has 5 nitrogen and oxygen atoms in total. The van der Waals surface area contributed by atoms with Crippen molar-refractivity contribution in [1.82, 2.24) is 0 Å². The van der Waals surface area contributed by atoms with E-state index >= 15 is 0 Å². The van der Waals surface area contributed by atoms with Crippen LogP contribution in [0.2, 0.25) is 0 Å². The predicted molar refractivity (Wildman–Crippen MR) is 96.5 cm³/mol. The minimum Gasteiger partial charge on any atom is -0.872 e. The summed E-state index contributed by atoms with van der Waals surface area (Å²) in [5, 5.41) is 11.8. The Balaban J connectivity index is 0.00000576. The zero-order chi connectivity index (χ0) is 17.8. The topological polar surface area (TPSA) is 89.8 Å². The molecule has 1 rings (SSSR count). The fraction of sp³-hybridized carbons (Fsp3) is 0.611.